The van der Waals surface area contributed by atoms with Crippen LogP contribution in [0.2, 0.25) is 0 Å². The maximum Gasteiger partial charge on any atom is 0.135 e. The highest BCUT2D eigenvalue weighted by Gasteiger charge is 2.22. The summed E-state index contributed by atoms with van der Waals surface area (Å²) in [4.78, 5) is 0. The van der Waals surface area contributed by atoms with Crippen LogP contribution >= 0.6 is 0 Å². The first-order valence-electron chi connectivity index (χ1n) is 12.0. The fraction of sp³-hybridized carbons (Fsp3) is 0. The van der Waals surface area contributed by atoms with E-state index in [0.29, 0.717) is 0 Å². The molecule has 1 aromatic heterocycles. The van der Waals surface area contributed by atoms with Gasteiger partial charge in [-0.1, -0.05) is 97.1 Å². The second-order valence-electron chi connectivity index (χ2n) is 9.32. The van der Waals surface area contributed by atoms with Gasteiger partial charge < -0.3 is 4.42 Å². The molecule has 0 aliphatic heterocycles. The zero-order valence-corrected chi connectivity index (χ0v) is 19.0. The van der Waals surface area contributed by atoms with Gasteiger partial charge in [-0.2, -0.15) is 0 Å². The number of rotatable bonds is 2. The van der Waals surface area contributed by atoms with Gasteiger partial charge in [-0.3, -0.25) is 0 Å². The number of hydrogen-bond acceptors (Lipinski definition) is 1. The minimum Gasteiger partial charge on any atom is -0.456 e. The largest absolute Gasteiger partial charge is 0.456 e. The number of furan rings is 1. The van der Waals surface area contributed by atoms with Gasteiger partial charge in [0.1, 0.15) is 11.2 Å². The van der Waals surface area contributed by atoms with Gasteiger partial charge in [-0.05, 0) is 79.5 Å². The lowest BCUT2D eigenvalue weighted by Crippen LogP contribution is -1.85. The number of benzene rings is 6. The third-order valence-electron chi connectivity index (χ3n) is 7.43. The van der Waals surface area contributed by atoms with Crippen LogP contribution in [0, 0.1) is 0 Å². The van der Waals surface area contributed by atoms with E-state index >= 15 is 0 Å². The molecular weight excluding hydrogens is 424 g/mol. The van der Waals surface area contributed by atoms with Gasteiger partial charge >= 0.3 is 0 Å². The Balaban J connectivity index is 1.31. The van der Waals surface area contributed by atoms with E-state index in [1.807, 2.05) is 12.1 Å². The third-order valence-corrected chi connectivity index (χ3v) is 7.43. The first kappa shape index (κ1) is 18.8. The average molecular weight is 445 g/mol. The molecule has 1 heterocycles. The number of fused-ring (bicyclic) bond motifs is 6. The molecule has 0 amide bonds. The lowest BCUT2D eigenvalue weighted by atomic mass is 9.92. The fourth-order valence-electron chi connectivity index (χ4n) is 5.83. The highest BCUT2D eigenvalue weighted by molar-refractivity contribution is 6.18. The monoisotopic (exact) mass is 444 g/mol. The number of hydrogen-bond donors (Lipinski definition) is 0. The molecule has 1 aliphatic rings. The normalized spacial score (nSPS) is 12.0. The molecule has 1 heteroatoms. The smallest absolute Gasteiger partial charge is 0.135 e. The molecule has 1 aliphatic carbocycles. The molecule has 0 spiro atoms. The summed E-state index contributed by atoms with van der Waals surface area (Å²) in [6, 6.07) is 43.7. The Morgan fingerprint density at radius 3 is 1.89 bits per heavy atom. The molecule has 8 rings (SSSR count). The van der Waals surface area contributed by atoms with E-state index in [9.17, 15) is 0 Å². The minimum atomic E-state index is 0.929. The summed E-state index contributed by atoms with van der Waals surface area (Å²) >= 11 is 0. The topological polar surface area (TPSA) is 13.1 Å². The Morgan fingerprint density at radius 1 is 0.343 bits per heavy atom. The zero-order chi connectivity index (χ0) is 22.9. The van der Waals surface area contributed by atoms with Crippen LogP contribution < -0.4 is 0 Å². The van der Waals surface area contributed by atoms with E-state index < -0.39 is 0 Å². The number of para-hydroxylation sites is 1. The van der Waals surface area contributed by atoms with Crippen LogP contribution in [0.3, 0.4) is 0 Å². The molecule has 0 saturated carbocycles. The Bertz CT molecular complexity index is 1920. The van der Waals surface area contributed by atoms with Crippen LogP contribution in [0.15, 0.2) is 126 Å². The molecule has 1 nitrogen and oxygen atoms in total. The summed E-state index contributed by atoms with van der Waals surface area (Å²) in [6.07, 6.45) is 0. The highest BCUT2D eigenvalue weighted by atomic mass is 16.3. The SMILES string of the molecule is c1cc(-c2ccc3oc4ccccc4c3c2)cc(-c2ccc3c4c(cccc24)-c2ccccc2-3)c1. The van der Waals surface area contributed by atoms with E-state index in [1.165, 1.54) is 55.3 Å². The highest BCUT2D eigenvalue weighted by Crippen LogP contribution is 2.49. The van der Waals surface area contributed by atoms with Gasteiger partial charge in [0.2, 0.25) is 0 Å². The van der Waals surface area contributed by atoms with Crippen LogP contribution in [-0.2, 0) is 0 Å². The molecule has 0 bridgehead atoms. The molecule has 7 aromatic rings. The van der Waals surface area contributed by atoms with Crippen molar-refractivity contribution in [2.75, 3.05) is 0 Å². The quantitative estimate of drug-likeness (QED) is 0.259. The minimum absolute atomic E-state index is 0.929. The second kappa shape index (κ2) is 6.94. The van der Waals surface area contributed by atoms with Crippen molar-refractivity contribution in [2.24, 2.45) is 0 Å². The molecule has 0 unspecified atom stereocenters. The summed E-state index contributed by atoms with van der Waals surface area (Å²) in [5, 5.41) is 4.99. The standard InChI is InChI=1S/C34H20O/c1-2-10-26-25(9-1)29-13-6-12-28-24(16-17-30(26)34(28)29)23-8-5-7-21(19-23)22-15-18-33-31(20-22)27-11-3-4-14-32(27)35-33/h1-20H. The molecule has 0 fully saturated rings. The molecular formula is C34H20O. The first-order chi connectivity index (χ1) is 17.3. The van der Waals surface area contributed by atoms with Gasteiger partial charge in [0.25, 0.3) is 0 Å². The summed E-state index contributed by atoms with van der Waals surface area (Å²) < 4.78 is 6.04. The molecule has 6 aromatic carbocycles. The lowest BCUT2D eigenvalue weighted by molar-refractivity contribution is 0.669. The van der Waals surface area contributed by atoms with E-state index in [0.717, 1.165) is 21.9 Å². The van der Waals surface area contributed by atoms with Crippen molar-refractivity contribution < 1.29 is 4.42 Å². The third kappa shape index (κ3) is 2.64. The first-order valence-corrected chi connectivity index (χ1v) is 12.0. The van der Waals surface area contributed by atoms with Crippen molar-refractivity contribution in [3.8, 4) is 44.5 Å². The van der Waals surface area contributed by atoms with Crippen LogP contribution in [0.1, 0.15) is 0 Å². The molecule has 0 radical (unpaired) electrons. The summed E-state index contributed by atoms with van der Waals surface area (Å²) in [6.45, 7) is 0. The van der Waals surface area contributed by atoms with Gasteiger partial charge in [-0.15, -0.1) is 0 Å². The van der Waals surface area contributed by atoms with E-state index in [4.69, 9.17) is 4.42 Å². The predicted molar refractivity (Wildman–Crippen MR) is 147 cm³/mol. The predicted octanol–water partition coefficient (Wildman–Crippen LogP) is 9.72. The van der Waals surface area contributed by atoms with E-state index in [2.05, 4.69) is 109 Å². The molecule has 162 valence electrons. The fourth-order valence-corrected chi connectivity index (χ4v) is 5.83. The van der Waals surface area contributed by atoms with Crippen LogP contribution in [-0.4, -0.2) is 0 Å². The van der Waals surface area contributed by atoms with Gasteiger partial charge in [0.05, 0.1) is 0 Å². The van der Waals surface area contributed by atoms with E-state index in [1.54, 1.807) is 0 Å². The maximum absolute atomic E-state index is 6.04. The van der Waals surface area contributed by atoms with Crippen LogP contribution in [0.25, 0.3) is 77.2 Å². The molecule has 35 heavy (non-hydrogen) atoms. The average Bonchev–Trinajstić information content (AvgIpc) is 3.46. The summed E-state index contributed by atoms with van der Waals surface area (Å²) in [5.74, 6) is 0. The Labute approximate surface area is 202 Å². The molecule has 0 saturated heterocycles. The molecule has 0 atom stereocenters. The van der Waals surface area contributed by atoms with Gasteiger partial charge in [0.15, 0.2) is 0 Å². The van der Waals surface area contributed by atoms with Gasteiger partial charge in [0, 0.05) is 10.8 Å². The summed E-state index contributed by atoms with van der Waals surface area (Å²) in [7, 11) is 0. The Morgan fingerprint density at radius 2 is 0.971 bits per heavy atom. The Hall–Kier alpha value is -4.62. The maximum atomic E-state index is 6.04. The van der Waals surface area contributed by atoms with E-state index in [-0.39, 0.29) is 0 Å². The van der Waals surface area contributed by atoms with Gasteiger partial charge in [-0.25, -0.2) is 0 Å². The lowest BCUT2D eigenvalue weighted by Gasteiger charge is -2.11. The van der Waals surface area contributed by atoms with Crippen molar-refractivity contribution >= 4 is 32.7 Å². The van der Waals surface area contributed by atoms with Crippen molar-refractivity contribution in [3.05, 3.63) is 121 Å². The summed E-state index contributed by atoms with van der Waals surface area (Å²) in [5.41, 5.74) is 12.1. The van der Waals surface area contributed by atoms with Crippen LogP contribution in [0.4, 0.5) is 0 Å². The van der Waals surface area contributed by atoms with Crippen LogP contribution in [0.5, 0.6) is 0 Å². The van der Waals surface area contributed by atoms with Crippen molar-refractivity contribution in [3.63, 3.8) is 0 Å². The molecule has 0 N–H and O–H groups in total. The zero-order valence-electron chi connectivity index (χ0n) is 19.0. The second-order valence-corrected chi connectivity index (χ2v) is 9.32. The Kier molecular flexibility index (Phi) is 3.72. The van der Waals surface area contributed by atoms with Crippen molar-refractivity contribution in [2.45, 2.75) is 0 Å². The van der Waals surface area contributed by atoms with Crippen molar-refractivity contribution in [1.82, 2.24) is 0 Å². The van der Waals surface area contributed by atoms with Crippen molar-refractivity contribution in [1.29, 1.82) is 0 Å².